The number of carbonyl (C=O) groups is 1. The largest absolute Gasteiger partial charge is 0.369 e. The molecule has 2 aromatic carbocycles. The van der Waals surface area contributed by atoms with Gasteiger partial charge < -0.3 is 5.73 Å². The molecule has 3 N–H and O–H groups in total. The second-order valence-corrected chi connectivity index (χ2v) is 5.50. The van der Waals surface area contributed by atoms with Crippen molar-refractivity contribution >= 4 is 16.8 Å². The molecule has 0 unspecified atom stereocenters. The molecule has 9 heteroatoms. The first kappa shape index (κ1) is 14.9. The van der Waals surface area contributed by atoms with E-state index in [-0.39, 0.29) is 6.42 Å². The topological polar surface area (TPSA) is 115 Å². The molecule has 0 saturated heterocycles. The van der Waals surface area contributed by atoms with Gasteiger partial charge in [-0.25, -0.2) is 9.07 Å². The molecule has 0 aliphatic rings. The number of nitrogens with zero attached hydrogens (tertiary/aromatic N) is 5. The third-order valence-corrected chi connectivity index (χ3v) is 3.75. The fourth-order valence-corrected chi connectivity index (χ4v) is 2.67. The lowest BCUT2D eigenvalue weighted by Gasteiger charge is -2.02. The highest BCUT2D eigenvalue weighted by molar-refractivity contribution is 5.87. The van der Waals surface area contributed by atoms with Crippen LogP contribution in [0, 0.1) is 5.82 Å². The summed E-state index contributed by atoms with van der Waals surface area (Å²) in [5.41, 5.74) is 7.81. The van der Waals surface area contributed by atoms with Gasteiger partial charge >= 0.3 is 0 Å². The Balaban J connectivity index is 1.75. The number of H-pyrrole nitrogens is 1. The highest BCUT2D eigenvalue weighted by atomic mass is 19.1. The number of aromatic nitrogens is 6. The van der Waals surface area contributed by atoms with E-state index in [4.69, 9.17) is 5.73 Å². The number of nitrogens with one attached hydrogen (secondary N) is 1. The van der Waals surface area contributed by atoms with Crippen molar-refractivity contribution in [1.82, 2.24) is 30.4 Å². The van der Waals surface area contributed by atoms with Crippen molar-refractivity contribution in [1.29, 1.82) is 0 Å². The molecular weight excluding hydrogens is 325 g/mol. The lowest BCUT2D eigenvalue weighted by Crippen LogP contribution is -2.14. The molecule has 0 fully saturated rings. The molecule has 124 valence electrons. The Morgan fingerprint density at radius 3 is 2.72 bits per heavy atom. The number of halogens is 1. The van der Waals surface area contributed by atoms with Crippen LogP contribution in [0.25, 0.3) is 28.0 Å². The van der Waals surface area contributed by atoms with Crippen molar-refractivity contribution in [2.24, 2.45) is 5.73 Å². The molecule has 0 bridgehead atoms. The van der Waals surface area contributed by atoms with E-state index in [1.807, 2.05) is 24.3 Å². The van der Waals surface area contributed by atoms with Gasteiger partial charge in [0, 0.05) is 17.1 Å². The Kier molecular flexibility index (Phi) is 3.46. The van der Waals surface area contributed by atoms with E-state index in [1.165, 1.54) is 12.1 Å². The van der Waals surface area contributed by atoms with Crippen molar-refractivity contribution < 1.29 is 9.18 Å². The number of tetrazole rings is 1. The lowest BCUT2D eigenvalue weighted by molar-refractivity contribution is -0.117. The molecule has 0 aliphatic heterocycles. The van der Waals surface area contributed by atoms with Crippen LogP contribution in [0.5, 0.6) is 0 Å². The van der Waals surface area contributed by atoms with Crippen LogP contribution in [-0.4, -0.2) is 36.3 Å². The quantitative estimate of drug-likeness (QED) is 0.583. The molecule has 4 aromatic rings. The van der Waals surface area contributed by atoms with E-state index in [0.717, 1.165) is 11.3 Å². The van der Waals surface area contributed by atoms with Crippen LogP contribution >= 0.6 is 0 Å². The maximum Gasteiger partial charge on any atom is 0.221 e. The minimum atomic E-state index is -0.536. The molecule has 8 nitrogen and oxygen atoms in total. The number of amides is 1. The summed E-state index contributed by atoms with van der Waals surface area (Å²) in [6.07, 6.45) is 1.63. The molecule has 2 aromatic heterocycles. The first-order valence-electron chi connectivity index (χ1n) is 7.40. The first-order chi connectivity index (χ1) is 12.1. The minimum absolute atomic E-state index is 0.0674. The summed E-state index contributed by atoms with van der Waals surface area (Å²) < 4.78 is 15.4. The zero-order chi connectivity index (χ0) is 17.4. The van der Waals surface area contributed by atoms with Crippen LogP contribution in [0.2, 0.25) is 0 Å². The second kappa shape index (κ2) is 5.78. The van der Waals surface area contributed by atoms with Gasteiger partial charge in [0.2, 0.25) is 11.7 Å². The van der Waals surface area contributed by atoms with E-state index in [2.05, 4.69) is 25.7 Å². The second-order valence-electron chi connectivity index (χ2n) is 5.50. The summed E-state index contributed by atoms with van der Waals surface area (Å²) in [6, 6.07) is 9.99. The van der Waals surface area contributed by atoms with Crippen LogP contribution in [0.1, 0.15) is 5.56 Å². The maximum absolute atomic E-state index is 13.8. The predicted octanol–water partition coefficient (Wildman–Crippen LogP) is 1.37. The molecule has 1 amide bonds. The number of primary amides is 1. The number of rotatable bonds is 4. The summed E-state index contributed by atoms with van der Waals surface area (Å²) >= 11 is 0. The van der Waals surface area contributed by atoms with Gasteiger partial charge in [0.15, 0.2) is 0 Å². The summed E-state index contributed by atoms with van der Waals surface area (Å²) in [5, 5.41) is 18.8. The fourth-order valence-electron chi connectivity index (χ4n) is 2.67. The number of aromatic amines is 1. The van der Waals surface area contributed by atoms with Gasteiger partial charge in [0.05, 0.1) is 17.6 Å². The van der Waals surface area contributed by atoms with Gasteiger partial charge in [0.1, 0.15) is 5.82 Å². The summed E-state index contributed by atoms with van der Waals surface area (Å²) in [5.74, 6) is -0.482. The van der Waals surface area contributed by atoms with Crippen LogP contribution < -0.4 is 5.73 Å². The standard InChI is InChI=1S/C16H12FN7O/c17-12-5-10(7-14(18)25)15-11(6-12)8-24(21-15)13-3-1-9(2-4-13)16-19-22-23-20-16/h1-6,8H,7H2,(H2,18,25)(H,19,20,22,23). The molecule has 0 saturated carbocycles. The molecule has 0 spiro atoms. The zero-order valence-corrected chi connectivity index (χ0v) is 12.8. The van der Waals surface area contributed by atoms with Gasteiger partial charge in [-0.15, -0.1) is 10.2 Å². The normalized spacial score (nSPS) is 11.1. The number of nitrogens with two attached hydrogens (primary N) is 1. The van der Waals surface area contributed by atoms with Crippen molar-refractivity contribution in [3.63, 3.8) is 0 Å². The van der Waals surface area contributed by atoms with Crippen molar-refractivity contribution in [2.45, 2.75) is 6.42 Å². The van der Waals surface area contributed by atoms with Crippen LogP contribution in [0.3, 0.4) is 0 Å². The zero-order valence-electron chi connectivity index (χ0n) is 12.8. The number of hydrogen-bond acceptors (Lipinski definition) is 5. The lowest BCUT2D eigenvalue weighted by atomic mass is 10.1. The van der Waals surface area contributed by atoms with Crippen molar-refractivity contribution in [3.8, 4) is 17.1 Å². The van der Waals surface area contributed by atoms with Gasteiger partial charge in [-0.1, -0.05) is 0 Å². The van der Waals surface area contributed by atoms with Crippen LogP contribution in [-0.2, 0) is 11.2 Å². The number of benzene rings is 2. The first-order valence-corrected chi connectivity index (χ1v) is 7.40. The van der Waals surface area contributed by atoms with Crippen molar-refractivity contribution in [2.75, 3.05) is 0 Å². The molecule has 0 radical (unpaired) electrons. The van der Waals surface area contributed by atoms with E-state index < -0.39 is 11.7 Å². The van der Waals surface area contributed by atoms with Crippen LogP contribution in [0.4, 0.5) is 4.39 Å². The molecule has 0 aliphatic carbocycles. The van der Waals surface area contributed by atoms with Crippen LogP contribution in [0.15, 0.2) is 42.6 Å². The number of hydrogen-bond donors (Lipinski definition) is 2. The summed E-state index contributed by atoms with van der Waals surface area (Å²) in [7, 11) is 0. The molecular formula is C16H12FN7O. The maximum atomic E-state index is 13.8. The molecule has 2 heterocycles. The van der Waals surface area contributed by atoms with Gasteiger partial charge in [0.25, 0.3) is 0 Å². The Labute approximate surface area is 140 Å². The van der Waals surface area contributed by atoms with Crippen molar-refractivity contribution in [3.05, 3.63) is 54.0 Å². The Hall–Kier alpha value is -3.62. The number of carbonyl (C=O) groups excluding carboxylic acids is 1. The monoisotopic (exact) mass is 337 g/mol. The third-order valence-electron chi connectivity index (χ3n) is 3.75. The van der Waals surface area contributed by atoms with E-state index in [1.54, 1.807) is 10.9 Å². The summed E-state index contributed by atoms with van der Waals surface area (Å²) in [4.78, 5) is 11.2. The van der Waals surface area contributed by atoms with E-state index >= 15 is 0 Å². The predicted molar refractivity (Wildman–Crippen MR) is 87.1 cm³/mol. The Bertz CT molecular complexity index is 1050. The summed E-state index contributed by atoms with van der Waals surface area (Å²) in [6.45, 7) is 0. The highest BCUT2D eigenvalue weighted by Crippen LogP contribution is 2.23. The smallest absolute Gasteiger partial charge is 0.221 e. The average molecular weight is 337 g/mol. The number of fused-ring (bicyclic) bond motifs is 1. The molecule has 25 heavy (non-hydrogen) atoms. The Morgan fingerprint density at radius 1 is 1.24 bits per heavy atom. The molecule has 0 atom stereocenters. The van der Waals surface area contributed by atoms with E-state index in [9.17, 15) is 9.18 Å². The van der Waals surface area contributed by atoms with E-state index in [0.29, 0.717) is 22.3 Å². The molecule has 4 rings (SSSR count). The van der Waals surface area contributed by atoms with Gasteiger partial charge in [-0.3, -0.25) is 4.79 Å². The average Bonchev–Trinajstić information content (AvgIpc) is 3.24. The minimum Gasteiger partial charge on any atom is -0.369 e. The third kappa shape index (κ3) is 2.82. The van der Waals surface area contributed by atoms with Gasteiger partial charge in [-0.05, 0) is 47.2 Å². The highest BCUT2D eigenvalue weighted by Gasteiger charge is 2.12. The van der Waals surface area contributed by atoms with Gasteiger partial charge in [-0.2, -0.15) is 10.3 Å². The fraction of sp³-hybridized carbons (Fsp3) is 0.0625. The SMILES string of the molecule is NC(=O)Cc1cc(F)cc2cn(-c3ccc(-c4nn[nH]n4)cc3)nc12. The Morgan fingerprint density at radius 2 is 2.04 bits per heavy atom.